The second-order valence-corrected chi connectivity index (χ2v) is 6.33. The van der Waals surface area contributed by atoms with E-state index < -0.39 is 5.60 Å². The van der Waals surface area contributed by atoms with Gasteiger partial charge in [-0.2, -0.15) is 0 Å². The molecule has 1 aliphatic heterocycles. The smallest absolute Gasteiger partial charge is 0.322 e. The molecule has 3 rings (SSSR count). The molecule has 23 heavy (non-hydrogen) atoms. The second-order valence-electron chi connectivity index (χ2n) is 6.33. The molecule has 0 bridgehead atoms. The van der Waals surface area contributed by atoms with E-state index in [-0.39, 0.29) is 12.1 Å². The number of hydrogen-bond acceptors (Lipinski definition) is 4. The Kier molecular flexibility index (Phi) is 4.04. The molecule has 7 nitrogen and oxygen atoms in total. The molecule has 2 amide bonds. The van der Waals surface area contributed by atoms with Crippen molar-refractivity contribution in [3.8, 4) is 5.69 Å². The van der Waals surface area contributed by atoms with Gasteiger partial charge in [0.25, 0.3) is 0 Å². The highest BCUT2D eigenvalue weighted by molar-refractivity contribution is 5.89. The van der Waals surface area contributed by atoms with Crippen LogP contribution in [0.1, 0.15) is 26.7 Å². The summed E-state index contributed by atoms with van der Waals surface area (Å²) in [5.74, 6) is 0. The Balaban J connectivity index is 1.68. The molecule has 1 aromatic carbocycles. The summed E-state index contributed by atoms with van der Waals surface area (Å²) in [5.41, 5.74) is 0.682. The highest BCUT2D eigenvalue weighted by atomic mass is 16.3. The molecule has 122 valence electrons. The van der Waals surface area contributed by atoms with Crippen LogP contribution in [0.15, 0.2) is 36.7 Å². The largest absolute Gasteiger partial charge is 0.388 e. The van der Waals surface area contributed by atoms with Crippen molar-refractivity contribution in [3.63, 3.8) is 0 Å². The van der Waals surface area contributed by atoms with E-state index in [1.807, 2.05) is 24.3 Å². The van der Waals surface area contributed by atoms with Crippen molar-refractivity contribution in [2.75, 3.05) is 11.9 Å². The highest BCUT2D eigenvalue weighted by Crippen LogP contribution is 2.27. The second kappa shape index (κ2) is 6.00. The van der Waals surface area contributed by atoms with Crippen LogP contribution in [0, 0.1) is 0 Å². The molecule has 1 aliphatic rings. The first kappa shape index (κ1) is 15.5. The molecule has 7 heteroatoms. The van der Waals surface area contributed by atoms with E-state index in [1.54, 1.807) is 35.8 Å². The Morgan fingerprint density at radius 2 is 2.09 bits per heavy atom. The third-order valence-corrected chi connectivity index (χ3v) is 4.13. The van der Waals surface area contributed by atoms with Gasteiger partial charge in [0.1, 0.15) is 0 Å². The van der Waals surface area contributed by atoms with Gasteiger partial charge < -0.3 is 15.3 Å². The quantitative estimate of drug-likeness (QED) is 0.908. The molecular weight excluding hydrogens is 294 g/mol. The van der Waals surface area contributed by atoms with E-state index in [1.165, 1.54) is 0 Å². The number of aliphatic hydroxyl groups is 1. The average Bonchev–Trinajstić information content (AvgIpc) is 3.19. The topological polar surface area (TPSA) is 83.3 Å². The van der Waals surface area contributed by atoms with Gasteiger partial charge in [-0.3, -0.25) is 0 Å². The maximum Gasteiger partial charge on any atom is 0.322 e. The lowest BCUT2D eigenvalue weighted by atomic mass is 9.97. The summed E-state index contributed by atoms with van der Waals surface area (Å²) in [5, 5.41) is 20.8. The molecule has 0 saturated carbocycles. The van der Waals surface area contributed by atoms with Crippen LogP contribution < -0.4 is 5.32 Å². The number of benzene rings is 1. The molecule has 1 fully saturated rings. The maximum atomic E-state index is 12.5. The number of carbonyl (C=O) groups is 1. The molecule has 2 heterocycles. The molecule has 1 unspecified atom stereocenters. The lowest BCUT2D eigenvalue weighted by Crippen LogP contribution is -2.49. The van der Waals surface area contributed by atoms with E-state index in [9.17, 15) is 9.90 Å². The van der Waals surface area contributed by atoms with E-state index in [2.05, 4.69) is 15.6 Å². The Labute approximate surface area is 134 Å². The number of urea groups is 1. The molecule has 1 aromatic heterocycles. The highest BCUT2D eigenvalue weighted by Gasteiger charge is 2.38. The van der Waals surface area contributed by atoms with Gasteiger partial charge in [-0.15, -0.1) is 5.10 Å². The number of nitrogens with one attached hydrogen (secondary N) is 1. The summed E-state index contributed by atoms with van der Waals surface area (Å²) < 4.78 is 1.65. The predicted octanol–water partition coefficient (Wildman–Crippen LogP) is 2.03. The van der Waals surface area contributed by atoms with Crippen LogP contribution in [0.25, 0.3) is 5.69 Å². The van der Waals surface area contributed by atoms with Crippen LogP contribution in [-0.2, 0) is 0 Å². The molecular formula is C16H21N5O2. The van der Waals surface area contributed by atoms with Crippen LogP contribution >= 0.6 is 0 Å². The van der Waals surface area contributed by atoms with Gasteiger partial charge in [0.05, 0.1) is 29.7 Å². The minimum atomic E-state index is -0.898. The Morgan fingerprint density at radius 3 is 2.70 bits per heavy atom. The first-order valence-corrected chi connectivity index (χ1v) is 7.72. The Hall–Kier alpha value is -2.41. The number of rotatable bonds is 3. The van der Waals surface area contributed by atoms with Crippen LogP contribution in [0.3, 0.4) is 0 Å². The van der Waals surface area contributed by atoms with Crippen molar-refractivity contribution in [2.45, 2.75) is 38.3 Å². The van der Waals surface area contributed by atoms with Gasteiger partial charge in [-0.1, -0.05) is 5.21 Å². The summed E-state index contributed by atoms with van der Waals surface area (Å²) in [6, 6.07) is 7.04. The monoisotopic (exact) mass is 315 g/mol. The van der Waals surface area contributed by atoms with Gasteiger partial charge in [0, 0.05) is 12.2 Å². The van der Waals surface area contributed by atoms with Crippen LogP contribution in [0.4, 0.5) is 10.5 Å². The lowest BCUT2D eigenvalue weighted by molar-refractivity contribution is 0.0117. The maximum absolute atomic E-state index is 12.5. The minimum absolute atomic E-state index is 0.156. The van der Waals surface area contributed by atoms with Gasteiger partial charge in [0.15, 0.2) is 0 Å². The first-order chi connectivity index (χ1) is 10.9. The molecule has 2 N–H and O–H groups in total. The fourth-order valence-electron chi connectivity index (χ4n) is 2.98. The van der Waals surface area contributed by atoms with Crippen LogP contribution in [0.2, 0.25) is 0 Å². The van der Waals surface area contributed by atoms with Gasteiger partial charge in [-0.05, 0) is 51.0 Å². The number of aromatic nitrogens is 3. The summed E-state index contributed by atoms with van der Waals surface area (Å²) >= 11 is 0. The van der Waals surface area contributed by atoms with E-state index in [4.69, 9.17) is 0 Å². The number of hydrogen-bond donors (Lipinski definition) is 2. The van der Waals surface area contributed by atoms with Gasteiger partial charge in [-0.25, -0.2) is 9.48 Å². The predicted molar refractivity (Wildman–Crippen MR) is 86.4 cm³/mol. The number of amides is 2. The third kappa shape index (κ3) is 3.34. The third-order valence-electron chi connectivity index (χ3n) is 4.13. The van der Waals surface area contributed by atoms with E-state index in [0.717, 1.165) is 18.5 Å². The molecule has 1 atom stereocenters. The standard InChI is InChI=1S/C16H21N5O2/c1-16(2,23)14-4-3-10-20(14)15(22)18-12-5-7-13(8-6-12)21-11-9-17-19-21/h5-9,11,14,23H,3-4,10H2,1-2H3,(H,18,22). The Morgan fingerprint density at radius 1 is 1.35 bits per heavy atom. The number of anilines is 1. The molecule has 0 radical (unpaired) electrons. The molecule has 2 aromatic rings. The Bertz CT molecular complexity index is 661. The van der Waals surface area contributed by atoms with Crippen molar-refractivity contribution >= 4 is 11.7 Å². The average molecular weight is 315 g/mol. The first-order valence-electron chi connectivity index (χ1n) is 7.72. The molecule has 0 spiro atoms. The number of carbonyl (C=O) groups excluding carboxylic acids is 1. The SMILES string of the molecule is CC(C)(O)C1CCCN1C(=O)Nc1ccc(-n2ccnn2)cc1. The van der Waals surface area contributed by atoms with Crippen molar-refractivity contribution < 1.29 is 9.90 Å². The summed E-state index contributed by atoms with van der Waals surface area (Å²) in [7, 11) is 0. The van der Waals surface area contributed by atoms with Crippen molar-refractivity contribution in [1.29, 1.82) is 0 Å². The lowest BCUT2D eigenvalue weighted by Gasteiger charge is -2.33. The summed E-state index contributed by atoms with van der Waals surface area (Å²) in [6.45, 7) is 4.16. The molecule has 0 aliphatic carbocycles. The minimum Gasteiger partial charge on any atom is -0.388 e. The molecule has 1 saturated heterocycles. The van der Waals surface area contributed by atoms with Gasteiger partial charge >= 0.3 is 6.03 Å². The summed E-state index contributed by atoms with van der Waals surface area (Å²) in [6.07, 6.45) is 5.10. The van der Waals surface area contributed by atoms with Crippen molar-refractivity contribution in [2.24, 2.45) is 0 Å². The fraction of sp³-hybridized carbons (Fsp3) is 0.438. The zero-order chi connectivity index (χ0) is 16.4. The van der Waals surface area contributed by atoms with E-state index in [0.29, 0.717) is 12.2 Å². The number of likely N-dealkylation sites (tertiary alicyclic amines) is 1. The summed E-state index contributed by atoms with van der Waals surface area (Å²) in [4.78, 5) is 14.2. The van der Waals surface area contributed by atoms with Crippen molar-refractivity contribution in [1.82, 2.24) is 19.9 Å². The van der Waals surface area contributed by atoms with Crippen LogP contribution in [-0.4, -0.2) is 49.2 Å². The fourth-order valence-corrected chi connectivity index (χ4v) is 2.98. The number of nitrogens with zero attached hydrogens (tertiary/aromatic N) is 4. The zero-order valence-electron chi connectivity index (χ0n) is 13.3. The zero-order valence-corrected chi connectivity index (χ0v) is 13.3. The van der Waals surface area contributed by atoms with Crippen LogP contribution in [0.5, 0.6) is 0 Å². The van der Waals surface area contributed by atoms with E-state index >= 15 is 0 Å². The normalized spacial score (nSPS) is 18.2. The van der Waals surface area contributed by atoms with Gasteiger partial charge in [0.2, 0.25) is 0 Å². The van der Waals surface area contributed by atoms with Crippen molar-refractivity contribution in [3.05, 3.63) is 36.7 Å².